The molecular weight excluding hydrogens is 348 g/mol. The number of benzene rings is 2. The van der Waals surface area contributed by atoms with Crippen molar-refractivity contribution in [3.63, 3.8) is 0 Å². The number of hydrogen-bond acceptors (Lipinski definition) is 3. The number of aryl methyl sites for hydroxylation is 3. The number of aromatic nitrogens is 1. The predicted molar refractivity (Wildman–Crippen MR) is 107 cm³/mol. The summed E-state index contributed by atoms with van der Waals surface area (Å²) in [5.74, 6) is -0.0953. The van der Waals surface area contributed by atoms with Gasteiger partial charge in [-0.05, 0) is 61.9 Å². The average molecular weight is 371 g/mol. The third-order valence-corrected chi connectivity index (χ3v) is 6.12. The molecule has 3 rings (SSSR count). The van der Waals surface area contributed by atoms with Gasteiger partial charge in [0.05, 0.1) is 16.6 Å². The molecule has 0 fully saturated rings. The van der Waals surface area contributed by atoms with Gasteiger partial charge in [-0.3, -0.25) is 4.79 Å². The van der Waals surface area contributed by atoms with E-state index in [1.54, 1.807) is 23.1 Å². The molecule has 0 aliphatic heterocycles. The van der Waals surface area contributed by atoms with E-state index in [0.29, 0.717) is 6.42 Å². The third kappa shape index (κ3) is 3.88. The highest BCUT2D eigenvalue weighted by atomic mass is 32.2. The second-order valence-electron chi connectivity index (χ2n) is 6.06. The van der Waals surface area contributed by atoms with E-state index in [1.165, 1.54) is 20.7 Å². The lowest BCUT2D eigenvalue weighted by molar-refractivity contribution is -0.117. The second kappa shape index (κ2) is 7.58. The summed E-state index contributed by atoms with van der Waals surface area (Å²) in [6.45, 7) is 7.03. The Hall–Kier alpha value is -1.85. The highest BCUT2D eigenvalue weighted by Crippen LogP contribution is 2.24. The fourth-order valence-electron chi connectivity index (χ4n) is 2.81. The van der Waals surface area contributed by atoms with Crippen LogP contribution in [0.5, 0.6) is 0 Å². The number of thiazole rings is 1. The number of thioether (sulfide) groups is 1. The number of amides is 1. The quantitative estimate of drug-likeness (QED) is 0.622. The van der Waals surface area contributed by atoms with E-state index in [9.17, 15) is 4.79 Å². The average Bonchev–Trinajstić information content (AvgIpc) is 2.93. The lowest BCUT2D eigenvalue weighted by Gasteiger charge is -2.03. The lowest BCUT2D eigenvalue weighted by Crippen LogP contribution is -2.16. The summed E-state index contributed by atoms with van der Waals surface area (Å²) in [6.07, 6.45) is 2.41. The summed E-state index contributed by atoms with van der Waals surface area (Å²) in [5.41, 5.74) is 4.61. The minimum atomic E-state index is -0.0953. The zero-order valence-electron chi connectivity index (χ0n) is 15.0. The minimum Gasteiger partial charge on any atom is -0.317 e. The van der Waals surface area contributed by atoms with Gasteiger partial charge >= 0.3 is 0 Å². The molecule has 0 aliphatic carbocycles. The molecule has 0 radical (unpaired) electrons. The summed E-state index contributed by atoms with van der Waals surface area (Å²) >= 11 is 3.31. The molecule has 0 aliphatic rings. The highest BCUT2D eigenvalue weighted by Gasteiger charge is 2.08. The number of rotatable bonds is 4. The topological polar surface area (TPSA) is 34.4 Å². The number of hydrogen-bond donors (Lipinski definition) is 0. The van der Waals surface area contributed by atoms with E-state index in [4.69, 9.17) is 0 Å². The SMILES string of the molecule is CCn1c(=NC(=O)Cc2ccc(C)c(C)c2)sc2cc(SC)ccc21. The first-order valence-corrected chi connectivity index (χ1v) is 10.4. The van der Waals surface area contributed by atoms with E-state index in [2.05, 4.69) is 66.9 Å². The van der Waals surface area contributed by atoms with Gasteiger partial charge in [-0.15, -0.1) is 11.8 Å². The monoisotopic (exact) mass is 370 g/mol. The first-order chi connectivity index (χ1) is 12.0. The fraction of sp³-hybridized carbons (Fsp3) is 0.300. The summed E-state index contributed by atoms with van der Waals surface area (Å²) in [6, 6.07) is 12.6. The van der Waals surface area contributed by atoms with E-state index in [-0.39, 0.29) is 5.91 Å². The number of fused-ring (bicyclic) bond motifs is 1. The van der Waals surface area contributed by atoms with Gasteiger partial charge in [0, 0.05) is 11.4 Å². The molecule has 5 heteroatoms. The fourth-order valence-corrected chi connectivity index (χ4v) is 4.47. The molecule has 3 aromatic rings. The number of nitrogens with zero attached hydrogens (tertiary/aromatic N) is 2. The van der Waals surface area contributed by atoms with Crippen LogP contribution < -0.4 is 4.80 Å². The molecule has 2 aromatic carbocycles. The molecule has 3 nitrogen and oxygen atoms in total. The zero-order chi connectivity index (χ0) is 18.0. The maximum atomic E-state index is 12.5. The number of carbonyl (C=O) groups is 1. The van der Waals surface area contributed by atoms with Crippen molar-refractivity contribution in [2.45, 2.75) is 38.6 Å². The van der Waals surface area contributed by atoms with Gasteiger partial charge in [-0.1, -0.05) is 29.5 Å². The van der Waals surface area contributed by atoms with E-state index >= 15 is 0 Å². The molecule has 0 bridgehead atoms. The van der Waals surface area contributed by atoms with Gasteiger partial charge in [-0.25, -0.2) is 0 Å². The molecule has 0 N–H and O–H groups in total. The summed E-state index contributed by atoms with van der Waals surface area (Å²) in [4.78, 5) is 18.9. The van der Waals surface area contributed by atoms with Crippen molar-refractivity contribution >= 4 is 39.2 Å². The van der Waals surface area contributed by atoms with Crippen LogP contribution in [-0.4, -0.2) is 16.7 Å². The van der Waals surface area contributed by atoms with Gasteiger partial charge in [0.25, 0.3) is 5.91 Å². The molecule has 25 heavy (non-hydrogen) atoms. The lowest BCUT2D eigenvalue weighted by atomic mass is 10.0. The van der Waals surface area contributed by atoms with Crippen LogP contribution in [0.15, 0.2) is 46.3 Å². The normalized spacial score (nSPS) is 12.1. The maximum absolute atomic E-state index is 12.5. The largest absolute Gasteiger partial charge is 0.317 e. The van der Waals surface area contributed by atoms with Crippen LogP contribution in [0.2, 0.25) is 0 Å². The predicted octanol–water partition coefficient (Wildman–Crippen LogP) is 4.73. The molecular formula is C20H22N2OS2. The van der Waals surface area contributed by atoms with Gasteiger partial charge in [-0.2, -0.15) is 4.99 Å². The summed E-state index contributed by atoms with van der Waals surface area (Å²) in [5, 5.41) is 0. The van der Waals surface area contributed by atoms with Crippen molar-refractivity contribution in [2.75, 3.05) is 6.26 Å². The van der Waals surface area contributed by atoms with Gasteiger partial charge in [0.15, 0.2) is 4.80 Å². The number of carbonyl (C=O) groups excluding carboxylic acids is 1. The standard InChI is InChI=1S/C20H22N2OS2/c1-5-22-17-9-8-16(24-4)12-18(17)25-20(22)21-19(23)11-15-7-6-13(2)14(3)10-15/h6-10,12H,5,11H2,1-4H3. The molecule has 1 amide bonds. The molecule has 0 atom stereocenters. The Morgan fingerprint density at radius 1 is 1.16 bits per heavy atom. The Morgan fingerprint density at radius 2 is 1.96 bits per heavy atom. The molecule has 0 spiro atoms. The molecule has 130 valence electrons. The van der Waals surface area contributed by atoms with E-state index in [1.807, 2.05) is 6.07 Å². The Kier molecular flexibility index (Phi) is 5.45. The van der Waals surface area contributed by atoms with Crippen LogP contribution in [-0.2, 0) is 17.8 Å². The maximum Gasteiger partial charge on any atom is 0.252 e. The minimum absolute atomic E-state index is 0.0953. The smallest absolute Gasteiger partial charge is 0.252 e. The molecule has 0 unspecified atom stereocenters. The van der Waals surface area contributed by atoms with Crippen LogP contribution in [0, 0.1) is 13.8 Å². The second-order valence-corrected chi connectivity index (χ2v) is 7.95. The van der Waals surface area contributed by atoms with E-state index < -0.39 is 0 Å². The first kappa shape index (κ1) is 18.0. The Morgan fingerprint density at radius 3 is 2.64 bits per heavy atom. The van der Waals surface area contributed by atoms with Crippen LogP contribution in [0.1, 0.15) is 23.6 Å². The Balaban J connectivity index is 1.96. The van der Waals surface area contributed by atoms with Crippen LogP contribution >= 0.6 is 23.1 Å². The van der Waals surface area contributed by atoms with Crippen LogP contribution in [0.4, 0.5) is 0 Å². The molecule has 1 heterocycles. The van der Waals surface area contributed by atoms with Crippen molar-refractivity contribution in [3.05, 3.63) is 57.9 Å². The summed E-state index contributed by atoms with van der Waals surface area (Å²) in [7, 11) is 0. The molecule has 0 saturated heterocycles. The third-order valence-electron chi connectivity index (χ3n) is 4.35. The van der Waals surface area contributed by atoms with Crippen LogP contribution in [0.25, 0.3) is 10.2 Å². The van der Waals surface area contributed by atoms with Crippen molar-refractivity contribution < 1.29 is 4.79 Å². The molecule has 1 aromatic heterocycles. The zero-order valence-corrected chi connectivity index (χ0v) is 16.6. The van der Waals surface area contributed by atoms with Crippen molar-refractivity contribution in [3.8, 4) is 0 Å². The molecule has 0 saturated carbocycles. The van der Waals surface area contributed by atoms with Crippen molar-refractivity contribution in [1.29, 1.82) is 0 Å². The van der Waals surface area contributed by atoms with Crippen molar-refractivity contribution in [1.82, 2.24) is 4.57 Å². The van der Waals surface area contributed by atoms with E-state index in [0.717, 1.165) is 22.4 Å². The first-order valence-electron chi connectivity index (χ1n) is 8.33. The Labute approximate surface area is 156 Å². The van der Waals surface area contributed by atoms with Crippen LogP contribution in [0.3, 0.4) is 0 Å². The van der Waals surface area contributed by atoms with Gasteiger partial charge in [0.1, 0.15) is 0 Å². The van der Waals surface area contributed by atoms with Crippen molar-refractivity contribution in [2.24, 2.45) is 4.99 Å². The summed E-state index contributed by atoms with van der Waals surface area (Å²) < 4.78 is 3.29. The Bertz CT molecular complexity index is 999. The van der Waals surface area contributed by atoms with Gasteiger partial charge < -0.3 is 4.57 Å². The highest BCUT2D eigenvalue weighted by molar-refractivity contribution is 7.98. The van der Waals surface area contributed by atoms with Gasteiger partial charge in [0.2, 0.25) is 0 Å².